The van der Waals surface area contributed by atoms with E-state index in [9.17, 15) is 9.90 Å². The smallest absolute Gasteiger partial charge is 0.223 e. The lowest BCUT2D eigenvalue weighted by Gasteiger charge is -2.42. The number of ether oxygens (including phenoxy) is 1. The number of hydrogen-bond acceptors (Lipinski definition) is 4. The minimum Gasteiger partial charge on any atom is -0.487 e. The maximum absolute atomic E-state index is 12.5. The van der Waals surface area contributed by atoms with Gasteiger partial charge in [0.25, 0.3) is 0 Å². The molecule has 1 fully saturated rings. The predicted molar refractivity (Wildman–Crippen MR) is 94.2 cm³/mol. The SMILES string of the molecule is Cn1cc(CCC(=O)N2CC[C@H](Oc3ccccc3)[C@@](C)(O)C2)cn1. The van der Waals surface area contributed by atoms with E-state index in [-0.39, 0.29) is 18.6 Å². The average molecular weight is 343 g/mol. The minimum atomic E-state index is -1.07. The van der Waals surface area contributed by atoms with Crippen LogP contribution in [0.25, 0.3) is 0 Å². The quantitative estimate of drug-likeness (QED) is 0.899. The van der Waals surface area contributed by atoms with Gasteiger partial charge in [-0.3, -0.25) is 9.48 Å². The Hall–Kier alpha value is -2.34. The second kappa shape index (κ2) is 7.27. The lowest BCUT2D eigenvalue weighted by Crippen LogP contribution is -2.58. The summed E-state index contributed by atoms with van der Waals surface area (Å²) in [5.41, 5.74) is -0.0252. The van der Waals surface area contributed by atoms with Crippen molar-refractivity contribution in [2.75, 3.05) is 13.1 Å². The van der Waals surface area contributed by atoms with Crippen molar-refractivity contribution in [1.29, 1.82) is 0 Å². The fraction of sp³-hybridized carbons (Fsp3) is 0.474. The van der Waals surface area contributed by atoms with Crippen molar-refractivity contribution >= 4 is 5.91 Å². The van der Waals surface area contributed by atoms with Gasteiger partial charge in [-0.1, -0.05) is 18.2 Å². The summed E-state index contributed by atoms with van der Waals surface area (Å²) >= 11 is 0. The van der Waals surface area contributed by atoms with Crippen LogP contribution in [0.5, 0.6) is 5.75 Å². The van der Waals surface area contributed by atoms with Crippen molar-refractivity contribution < 1.29 is 14.6 Å². The Balaban J connectivity index is 1.55. The largest absolute Gasteiger partial charge is 0.487 e. The number of hydrogen-bond donors (Lipinski definition) is 1. The van der Waals surface area contributed by atoms with E-state index in [1.807, 2.05) is 43.6 Å². The van der Waals surface area contributed by atoms with Crippen LogP contribution in [0.1, 0.15) is 25.3 Å². The Morgan fingerprint density at radius 1 is 1.40 bits per heavy atom. The lowest BCUT2D eigenvalue weighted by molar-refractivity contribution is -0.145. The predicted octanol–water partition coefficient (Wildman–Crippen LogP) is 1.78. The summed E-state index contributed by atoms with van der Waals surface area (Å²) in [4.78, 5) is 14.2. The summed E-state index contributed by atoms with van der Waals surface area (Å²) in [5.74, 6) is 0.798. The Morgan fingerprint density at radius 2 is 2.16 bits per heavy atom. The third-order valence-electron chi connectivity index (χ3n) is 4.63. The second-order valence-electron chi connectivity index (χ2n) is 6.90. The molecule has 6 nitrogen and oxygen atoms in total. The third-order valence-corrected chi connectivity index (χ3v) is 4.63. The van der Waals surface area contributed by atoms with Crippen molar-refractivity contribution in [3.8, 4) is 5.75 Å². The summed E-state index contributed by atoms with van der Waals surface area (Å²) in [5, 5.41) is 14.9. The van der Waals surface area contributed by atoms with Crippen molar-refractivity contribution in [3.63, 3.8) is 0 Å². The van der Waals surface area contributed by atoms with Gasteiger partial charge >= 0.3 is 0 Å². The third kappa shape index (κ3) is 4.39. The summed E-state index contributed by atoms with van der Waals surface area (Å²) in [6.07, 6.45) is 5.08. The van der Waals surface area contributed by atoms with E-state index in [4.69, 9.17) is 4.74 Å². The van der Waals surface area contributed by atoms with Crippen LogP contribution in [0.15, 0.2) is 42.7 Å². The molecule has 0 bridgehead atoms. The van der Waals surface area contributed by atoms with Crippen molar-refractivity contribution in [3.05, 3.63) is 48.3 Å². The molecule has 3 rings (SSSR count). The summed E-state index contributed by atoms with van der Waals surface area (Å²) in [6, 6.07) is 9.49. The van der Waals surface area contributed by atoms with E-state index in [2.05, 4.69) is 5.10 Å². The molecule has 1 saturated heterocycles. The van der Waals surface area contributed by atoms with Gasteiger partial charge in [0.2, 0.25) is 5.91 Å². The van der Waals surface area contributed by atoms with Gasteiger partial charge in [0.05, 0.1) is 12.7 Å². The van der Waals surface area contributed by atoms with Crippen LogP contribution >= 0.6 is 0 Å². The highest BCUT2D eigenvalue weighted by Crippen LogP contribution is 2.26. The molecule has 1 amide bonds. The van der Waals surface area contributed by atoms with Crippen LogP contribution in [0, 0.1) is 0 Å². The molecular formula is C19H25N3O3. The lowest BCUT2D eigenvalue weighted by atomic mass is 9.91. The molecule has 0 radical (unpaired) electrons. The molecule has 0 saturated carbocycles. The van der Waals surface area contributed by atoms with Gasteiger partial charge in [-0.2, -0.15) is 5.10 Å². The topological polar surface area (TPSA) is 67.6 Å². The molecule has 0 unspecified atom stereocenters. The van der Waals surface area contributed by atoms with Crippen LogP contribution < -0.4 is 4.74 Å². The highest BCUT2D eigenvalue weighted by Gasteiger charge is 2.41. The summed E-state index contributed by atoms with van der Waals surface area (Å²) < 4.78 is 7.66. The number of benzene rings is 1. The number of amides is 1. The monoisotopic (exact) mass is 343 g/mol. The molecule has 1 aliphatic heterocycles. The number of piperidine rings is 1. The molecule has 134 valence electrons. The van der Waals surface area contributed by atoms with Gasteiger partial charge in [0, 0.05) is 32.6 Å². The van der Waals surface area contributed by atoms with Gasteiger partial charge in [-0.25, -0.2) is 0 Å². The zero-order valence-electron chi connectivity index (χ0n) is 14.8. The molecule has 2 atom stereocenters. The maximum atomic E-state index is 12.5. The normalized spacial score (nSPS) is 23.5. The molecule has 1 aromatic heterocycles. The zero-order chi connectivity index (χ0) is 17.9. The van der Waals surface area contributed by atoms with Crippen LogP contribution in [0.2, 0.25) is 0 Å². The van der Waals surface area contributed by atoms with Crippen LogP contribution in [0.3, 0.4) is 0 Å². The van der Waals surface area contributed by atoms with Crippen molar-refractivity contribution in [2.45, 2.75) is 37.9 Å². The Morgan fingerprint density at radius 3 is 2.80 bits per heavy atom. The van der Waals surface area contributed by atoms with E-state index >= 15 is 0 Å². The Bertz CT molecular complexity index is 712. The molecule has 2 aromatic rings. The Kier molecular flexibility index (Phi) is 5.08. The first-order valence-corrected chi connectivity index (χ1v) is 8.63. The number of rotatable bonds is 5. The fourth-order valence-corrected chi connectivity index (χ4v) is 3.22. The van der Waals surface area contributed by atoms with Gasteiger partial charge < -0.3 is 14.7 Å². The molecule has 0 aliphatic carbocycles. The molecule has 2 heterocycles. The number of aliphatic hydroxyl groups is 1. The molecular weight excluding hydrogens is 318 g/mol. The van der Waals surface area contributed by atoms with E-state index in [0.29, 0.717) is 25.8 Å². The second-order valence-corrected chi connectivity index (χ2v) is 6.90. The van der Waals surface area contributed by atoms with Gasteiger partial charge in [0.15, 0.2) is 0 Å². The molecule has 6 heteroatoms. The van der Waals surface area contributed by atoms with Crippen molar-refractivity contribution in [1.82, 2.24) is 14.7 Å². The van der Waals surface area contributed by atoms with Crippen LogP contribution in [-0.2, 0) is 18.3 Å². The number of aromatic nitrogens is 2. The number of nitrogens with zero attached hydrogens (tertiary/aromatic N) is 3. The van der Waals surface area contributed by atoms with E-state index in [1.54, 1.807) is 22.7 Å². The molecule has 1 N–H and O–H groups in total. The van der Waals surface area contributed by atoms with Crippen LogP contribution in [0.4, 0.5) is 0 Å². The number of para-hydroxylation sites is 1. The molecule has 1 aromatic carbocycles. The number of β-amino-alcohol motifs (C(OH)–C–C–N with tert-alkyl or cyclic N) is 1. The first-order valence-electron chi connectivity index (χ1n) is 8.63. The number of likely N-dealkylation sites (tertiary alicyclic amines) is 1. The Labute approximate surface area is 148 Å². The first kappa shape index (κ1) is 17.5. The number of aryl methyl sites for hydroxylation is 2. The first-order chi connectivity index (χ1) is 11.9. The average Bonchev–Trinajstić information content (AvgIpc) is 3.00. The fourth-order valence-electron chi connectivity index (χ4n) is 3.22. The zero-order valence-corrected chi connectivity index (χ0v) is 14.8. The van der Waals surface area contributed by atoms with Crippen LogP contribution in [-0.4, -0.2) is 50.5 Å². The molecule has 25 heavy (non-hydrogen) atoms. The van der Waals surface area contributed by atoms with E-state index in [1.165, 1.54) is 0 Å². The van der Waals surface area contributed by atoms with Gasteiger partial charge in [0.1, 0.15) is 17.5 Å². The highest BCUT2D eigenvalue weighted by molar-refractivity contribution is 5.76. The van der Waals surface area contributed by atoms with Gasteiger partial charge in [-0.05, 0) is 31.0 Å². The van der Waals surface area contributed by atoms with Gasteiger partial charge in [-0.15, -0.1) is 0 Å². The van der Waals surface area contributed by atoms with E-state index < -0.39 is 5.60 Å². The number of carbonyl (C=O) groups excluding carboxylic acids is 1. The molecule has 1 aliphatic rings. The van der Waals surface area contributed by atoms with Crippen molar-refractivity contribution in [2.24, 2.45) is 7.05 Å². The maximum Gasteiger partial charge on any atom is 0.223 e. The minimum absolute atomic E-state index is 0.0577. The summed E-state index contributed by atoms with van der Waals surface area (Å²) in [6.45, 7) is 2.62. The summed E-state index contributed by atoms with van der Waals surface area (Å²) in [7, 11) is 1.86. The standard InChI is InChI=1S/C19H25N3O3/c1-19(24)14-22(18(23)9-8-15-12-20-21(2)13-15)11-10-17(19)25-16-6-4-3-5-7-16/h3-7,12-13,17,24H,8-11,14H2,1-2H3/t17-,19-/m0/s1. The molecule has 0 spiro atoms. The number of carbonyl (C=O) groups is 1. The highest BCUT2D eigenvalue weighted by atomic mass is 16.5. The van der Waals surface area contributed by atoms with E-state index in [0.717, 1.165) is 11.3 Å².